The molecule has 5 nitrogen and oxygen atoms in total. The van der Waals surface area contributed by atoms with Gasteiger partial charge in [-0.25, -0.2) is 8.78 Å². The Kier molecular flexibility index (Phi) is 10.9. The number of ketones is 1. The first-order valence-corrected chi connectivity index (χ1v) is 13.4. The lowest BCUT2D eigenvalue weighted by Gasteiger charge is -2.31. The molecular formula is C29H19ClF13NO4. The second-order valence-electron chi connectivity index (χ2n) is 9.67. The van der Waals surface area contributed by atoms with Crippen molar-refractivity contribution in [2.45, 2.75) is 44.2 Å². The Morgan fingerprint density at radius 3 is 1.96 bits per heavy atom. The SMILES string of the molecule is CCN(C(=O)c1cc(C(F)(F)F)ccc1F)c1cccc(C(=O)Cc2c(Cl)cc(C(F)(C(F)(F)F)C(F)(F)F)cc2OC(F)F)c1OC. The summed E-state index contributed by atoms with van der Waals surface area (Å²) in [5, 5.41) is -1.22. The molecule has 0 radical (unpaired) electrons. The van der Waals surface area contributed by atoms with Gasteiger partial charge in [0.25, 0.3) is 5.91 Å². The zero-order chi connectivity index (χ0) is 36.6. The van der Waals surface area contributed by atoms with Crippen LogP contribution in [0.1, 0.15) is 44.3 Å². The Balaban J connectivity index is 2.13. The number of Topliss-reactive ketones (excluding diaryl/α,β-unsaturated/α-hetero) is 1. The molecule has 0 aliphatic heterocycles. The molecule has 0 bridgehead atoms. The zero-order valence-electron chi connectivity index (χ0n) is 24.0. The lowest BCUT2D eigenvalue weighted by atomic mass is 9.91. The molecule has 19 heteroatoms. The van der Waals surface area contributed by atoms with E-state index in [1.54, 1.807) is 0 Å². The van der Waals surface area contributed by atoms with Gasteiger partial charge in [0.15, 0.2) is 11.5 Å². The lowest BCUT2D eigenvalue weighted by molar-refractivity contribution is -0.348. The first-order valence-electron chi connectivity index (χ1n) is 13.0. The van der Waals surface area contributed by atoms with Crippen molar-refractivity contribution in [1.29, 1.82) is 0 Å². The highest BCUT2D eigenvalue weighted by Crippen LogP contribution is 2.54. The van der Waals surface area contributed by atoms with E-state index in [4.69, 9.17) is 16.3 Å². The van der Waals surface area contributed by atoms with E-state index in [0.717, 1.165) is 30.2 Å². The van der Waals surface area contributed by atoms with Gasteiger partial charge in [-0.15, -0.1) is 0 Å². The van der Waals surface area contributed by atoms with Gasteiger partial charge in [-0.2, -0.15) is 48.3 Å². The van der Waals surface area contributed by atoms with Gasteiger partial charge in [0.05, 0.1) is 29.5 Å². The van der Waals surface area contributed by atoms with Crippen LogP contribution >= 0.6 is 11.6 Å². The molecule has 0 unspecified atom stereocenters. The fourth-order valence-electron chi connectivity index (χ4n) is 4.53. The number of benzene rings is 3. The van der Waals surface area contributed by atoms with Crippen LogP contribution < -0.4 is 14.4 Å². The smallest absolute Gasteiger partial charge is 0.435 e. The van der Waals surface area contributed by atoms with Crippen molar-refractivity contribution in [2.24, 2.45) is 0 Å². The second-order valence-corrected chi connectivity index (χ2v) is 10.1. The Morgan fingerprint density at radius 2 is 1.46 bits per heavy atom. The van der Waals surface area contributed by atoms with Gasteiger partial charge in [0, 0.05) is 29.1 Å². The normalized spacial score (nSPS) is 12.7. The van der Waals surface area contributed by atoms with Crippen LogP contribution in [0.2, 0.25) is 5.02 Å². The van der Waals surface area contributed by atoms with Gasteiger partial charge in [0.1, 0.15) is 11.6 Å². The van der Waals surface area contributed by atoms with Gasteiger partial charge in [0.2, 0.25) is 0 Å². The molecule has 0 fully saturated rings. The number of alkyl halides is 12. The minimum Gasteiger partial charge on any atom is -0.494 e. The molecule has 0 saturated heterocycles. The Bertz CT molecular complexity index is 1670. The number of rotatable bonds is 10. The lowest BCUT2D eigenvalue weighted by Crippen LogP contribution is -2.50. The number of amides is 1. The van der Waals surface area contributed by atoms with Gasteiger partial charge >= 0.3 is 30.8 Å². The molecule has 0 aromatic heterocycles. The van der Waals surface area contributed by atoms with Gasteiger partial charge in [-0.3, -0.25) is 9.59 Å². The number of anilines is 1. The fourth-order valence-corrected chi connectivity index (χ4v) is 4.81. The predicted octanol–water partition coefficient (Wildman–Crippen LogP) is 9.49. The Morgan fingerprint density at radius 1 is 0.854 bits per heavy atom. The summed E-state index contributed by atoms with van der Waals surface area (Å²) in [6.07, 6.45) is -19.5. The molecule has 0 spiro atoms. The summed E-state index contributed by atoms with van der Waals surface area (Å²) >= 11 is 5.82. The van der Waals surface area contributed by atoms with Crippen molar-refractivity contribution < 1.29 is 76.1 Å². The Labute approximate surface area is 266 Å². The van der Waals surface area contributed by atoms with Crippen molar-refractivity contribution >= 4 is 29.0 Å². The van der Waals surface area contributed by atoms with Crippen molar-refractivity contribution in [3.63, 3.8) is 0 Å². The third-order valence-corrected chi connectivity index (χ3v) is 7.10. The molecule has 1 amide bonds. The predicted molar refractivity (Wildman–Crippen MR) is 143 cm³/mol. The van der Waals surface area contributed by atoms with Crippen LogP contribution in [-0.2, 0) is 18.3 Å². The topological polar surface area (TPSA) is 55.8 Å². The number of carbonyl (C=O) groups excluding carboxylic acids is 2. The van der Waals surface area contributed by atoms with E-state index in [1.165, 1.54) is 6.92 Å². The van der Waals surface area contributed by atoms with Crippen LogP contribution in [0.4, 0.5) is 62.8 Å². The van der Waals surface area contributed by atoms with Crippen LogP contribution in [0.3, 0.4) is 0 Å². The van der Waals surface area contributed by atoms with Crippen LogP contribution in [0.5, 0.6) is 11.5 Å². The number of para-hydroxylation sites is 1. The van der Waals surface area contributed by atoms with Crippen LogP contribution in [0.15, 0.2) is 48.5 Å². The number of ether oxygens (including phenoxy) is 2. The standard InChI is InChI=1S/C29H19ClF13NO4/c1-3-44(24(46)17-9-13(27(35,36)37)7-8-19(17)31)20-6-4-5-15(23(20)47-2)21(45)12-16-18(30)10-14(11-22(16)48-25(32)33)26(34,28(38,39)40)29(41,42)43/h4-11,25H,3,12H2,1-2H3. The molecule has 3 aromatic rings. The van der Waals surface area contributed by atoms with Crippen molar-refractivity contribution in [3.8, 4) is 11.5 Å². The van der Waals surface area contributed by atoms with E-state index >= 15 is 0 Å². The van der Waals surface area contributed by atoms with E-state index in [1.807, 2.05) is 0 Å². The summed E-state index contributed by atoms with van der Waals surface area (Å²) in [6, 6.07) is 3.80. The monoisotopic (exact) mass is 727 g/mol. The summed E-state index contributed by atoms with van der Waals surface area (Å²) < 4.78 is 184. The van der Waals surface area contributed by atoms with Crippen LogP contribution in [-0.4, -0.2) is 44.3 Å². The summed E-state index contributed by atoms with van der Waals surface area (Å²) in [5.41, 5.74) is -12.5. The fraction of sp³-hybridized carbons (Fsp3) is 0.310. The number of halogens is 14. The maximum Gasteiger partial charge on any atom is 0.435 e. The molecule has 0 aliphatic carbocycles. The summed E-state index contributed by atoms with van der Waals surface area (Å²) in [7, 11) is 0.959. The molecule has 3 aromatic carbocycles. The van der Waals surface area contributed by atoms with E-state index in [0.29, 0.717) is 12.1 Å². The molecule has 48 heavy (non-hydrogen) atoms. The van der Waals surface area contributed by atoms with Crippen molar-refractivity contribution in [1.82, 2.24) is 0 Å². The highest BCUT2D eigenvalue weighted by Gasteiger charge is 2.73. The molecule has 262 valence electrons. The highest BCUT2D eigenvalue weighted by atomic mass is 35.5. The van der Waals surface area contributed by atoms with E-state index < -0.39 is 99.1 Å². The van der Waals surface area contributed by atoms with Gasteiger partial charge < -0.3 is 14.4 Å². The number of nitrogens with zero attached hydrogens (tertiary/aromatic N) is 1. The number of hydrogen-bond donors (Lipinski definition) is 0. The molecular weight excluding hydrogens is 709 g/mol. The summed E-state index contributed by atoms with van der Waals surface area (Å²) in [6.45, 7) is -2.94. The van der Waals surface area contributed by atoms with Crippen molar-refractivity contribution in [3.05, 3.63) is 87.2 Å². The largest absolute Gasteiger partial charge is 0.494 e. The molecule has 0 saturated carbocycles. The molecule has 3 rings (SSSR count). The van der Waals surface area contributed by atoms with Crippen molar-refractivity contribution in [2.75, 3.05) is 18.6 Å². The summed E-state index contributed by atoms with van der Waals surface area (Å²) in [4.78, 5) is 27.4. The third-order valence-electron chi connectivity index (χ3n) is 6.76. The number of hydrogen-bond acceptors (Lipinski definition) is 4. The molecule has 0 N–H and O–H groups in total. The maximum absolute atomic E-state index is 14.7. The van der Waals surface area contributed by atoms with Crippen LogP contribution in [0, 0.1) is 5.82 Å². The zero-order valence-corrected chi connectivity index (χ0v) is 24.7. The maximum atomic E-state index is 14.7. The highest BCUT2D eigenvalue weighted by molar-refractivity contribution is 6.32. The average molecular weight is 728 g/mol. The first kappa shape index (κ1) is 38.2. The third kappa shape index (κ3) is 7.42. The number of carbonyl (C=O) groups is 2. The van der Waals surface area contributed by atoms with Crippen LogP contribution in [0.25, 0.3) is 0 Å². The Hall–Kier alpha value is -4.22. The average Bonchev–Trinajstić information content (AvgIpc) is 2.96. The number of methoxy groups -OCH3 is 1. The molecule has 0 aliphatic rings. The minimum absolute atomic E-state index is 0.168. The molecule has 0 heterocycles. The van der Waals surface area contributed by atoms with E-state index in [2.05, 4.69) is 4.74 Å². The quantitative estimate of drug-likeness (QED) is 0.154. The van der Waals surface area contributed by atoms with Gasteiger partial charge in [-0.1, -0.05) is 17.7 Å². The first-order chi connectivity index (χ1) is 22.0. The van der Waals surface area contributed by atoms with E-state index in [-0.39, 0.29) is 30.4 Å². The summed E-state index contributed by atoms with van der Waals surface area (Å²) in [5.74, 6) is -5.85. The minimum atomic E-state index is -6.65. The van der Waals surface area contributed by atoms with E-state index in [9.17, 15) is 66.7 Å². The van der Waals surface area contributed by atoms with Gasteiger partial charge in [-0.05, 0) is 49.4 Å². The second kappa shape index (κ2) is 13.7. The molecule has 0 atom stereocenters.